The molecule has 0 aliphatic carbocycles. The summed E-state index contributed by atoms with van der Waals surface area (Å²) < 4.78 is 4.05. The van der Waals surface area contributed by atoms with Crippen molar-refractivity contribution in [1.82, 2.24) is 19.1 Å². The van der Waals surface area contributed by atoms with E-state index in [4.69, 9.17) is 5.73 Å². The molecular formula is C13H15N5. The van der Waals surface area contributed by atoms with E-state index in [1.807, 2.05) is 52.8 Å². The Hall–Kier alpha value is -2.30. The number of rotatable bonds is 3. The van der Waals surface area contributed by atoms with Crippen molar-refractivity contribution in [3.05, 3.63) is 42.5 Å². The zero-order chi connectivity index (χ0) is 12.5. The lowest BCUT2D eigenvalue weighted by molar-refractivity contribution is 0.670. The SMILES string of the molecule is Cn1ccnc1CCn1c(N)nc2ccccc21. The smallest absolute Gasteiger partial charge is 0.201 e. The number of anilines is 1. The van der Waals surface area contributed by atoms with E-state index in [1.165, 1.54) is 0 Å². The maximum absolute atomic E-state index is 5.96. The second kappa shape index (κ2) is 4.18. The number of nitrogens with two attached hydrogens (primary N) is 1. The van der Waals surface area contributed by atoms with Gasteiger partial charge in [-0.05, 0) is 12.1 Å². The molecule has 0 fully saturated rings. The van der Waals surface area contributed by atoms with Gasteiger partial charge < -0.3 is 14.9 Å². The number of hydrogen-bond acceptors (Lipinski definition) is 3. The summed E-state index contributed by atoms with van der Waals surface area (Å²) in [7, 11) is 2.00. The van der Waals surface area contributed by atoms with E-state index in [0.717, 1.165) is 29.8 Å². The van der Waals surface area contributed by atoms with Gasteiger partial charge in [0.05, 0.1) is 11.0 Å². The molecule has 18 heavy (non-hydrogen) atoms. The van der Waals surface area contributed by atoms with E-state index < -0.39 is 0 Å². The van der Waals surface area contributed by atoms with E-state index in [-0.39, 0.29) is 0 Å². The minimum atomic E-state index is 0.561. The molecule has 5 nitrogen and oxygen atoms in total. The van der Waals surface area contributed by atoms with Crippen molar-refractivity contribution in [2.75, 3.05) is 5.73 Å². The topological polar surface area (TPSA) is 61.7 Å². The van der Waals surface area contributed by atoms with E-state index >= 15 is 0 Å². The summed E-state index contributed by atoms with van der Waals surface area (Å²) >= 11 is 0. The Bertz CT molecular complexity index is 680. The van der Waals surface area contributed by atoms with E-state index in [0.29, 0.717) is 5.95 Å². The van der Waals surface area contributed by atoms with Crippen LogP contribution in [0.2, 0.25) is 0 Å². The van der Waals surface area contributed by atoms with Crippen LogP contribution in [0.1, 0.15) is 5.82 Å². The predicted octanol–water partition coefficient (Wildman–Crippen LogP) is 1.59. The second-order valence-electron chi connectivity index (χ2n) is 4.31. The van der Waals surface area contributed by atoms with Crippen molar-refractivity contribution in [3.63, 3.8) is 0 Å². The van der Waals surface area contributed by atoms with Crippen LogP contribution in [0.5, 0.6) is 0 Å². The molecule has 3 rings (SSSR count). The summed E-state index contributed by atoms with van der Waals surface area (Å²) in [6, 6.07) is 7.98. The van der Waals surface area contributed by atoms with Gasteiger partial charge in [0.2, 0.25) is 5.95 Å². The molecule has 3 aromatic rings. The minimum Gasteiger partial charge on any atom is -0.369 e. The highest BCUT2D eigenvalue weighted by atomic mass is 15.2. The van der Waals surface area contributed by atoms with Crippen molar-refractivity contribution >= 4 is 17.0 Å². The molecule has 5 heteroatoms. The van der Waals surface area contributed by atoms with Crippen molar-refractivity contribution in [3.8, 4) is 0 Å². The molecular weight excluding hydrogens is 226 g/mol. The average Bonchev–Trinajstić information content (AvgIpc) is 2.90. The van der Waals surface area contributed by atoms with Gasteiger partial charge >= 0.3 is 0 Å². The molecule has 0 spiro atoms. The summed E-state index contributed by atoms with van der Waals surface area (Å²) in [6.07, 6.45) is 4.60. The van der Waals surface area contributed by atoms with Crippen LogP contribution in [0.3, 0.4) is 0 Å². The first-order valence-electron chi connectivity index (χ1n) is 5.92. The Kier molecular flexibility index (Phi) is 2.51. The summed E-state index contributed by atoms with van der Waals surface area (Å²) in [4.78, 5) is 8.66. The van der Waals surface area contributed by atoms with Gasteiger partial charge in [-0.25, -0.2) is 9.97 Å². The minimum absolute atomic E-state index is 0.561. The maximum atomic E-state index is 5.96. The quantitative estimate of drug-likeness (QED) is 0.757. The van der Waals surface area contributed by atoms with Crippen LogP contribution in [0.15, 0.2) is 36.7 Å². The van der Waals surface area contributed by atoms with Gasteiger partial charge in [0.25, 0.3) is 0 Å². The zero-order valence-corrected chi connectivity index (χ0v) is 10.2. The van der Waals surface area contributed by atoms with Crippen LogP contribution in [0.4, 0.5) is 5.95 Å². The molecule has 0 saturated heterocycles. The fourth-order valence-electron chi connectivity index (χ4n) is 2.18. The normalized spacial score (nSPS) is 11.2. The number of benzene rings is 1. The van der Waals surface area contributed by atoms with Crippen molar-refractivity contribution < 1.29 is 0 Å². The highest BCUT2D eigenvalue weighted by Crippen LogP contribution is 2.17. The first-order chi connectivity index (χ1) is 8.75. The molecule has 0 aliphatic heterocycles. The summed E-state index contributed by atoms with van der Waals surface area (Å²) in [6.45, 7) is 0.789. The van der Waals surface area contributed by atoms with Crippen LogP contribution >= 0.6 is 0 Å². The van der Waals surface area contributed by atoms with Crippen LogP contribution in [0, 0.1) is 0 Å². The number of nitrogens with zero attached hydrogens (tertiary/aromatic N) is 4. The maximum Gasteiger partial charge on any atom is 0.201 e. The summed E-state index contributed by atoms with van der Waals surface area (Å²) in [5.74, 6) is 1.61. The number of aryl methyl sites for hydroxylation is 3. The Labute approximate surface area is 105 Å². The van der Waals surface area contributed by atoms with Crippen molar-refractivity contribution in [2.45, 2.75) is 13.0 Å². The third kappa shape index (κ3) is 1.73. The van der Waals surface area contributed by atoms with Crippen LogP contribution in [-0.2, 0) is 20.0 Å². The molecule has 0 atom stereocenters. The lowest BCUT2D eigenvalue weighted by Gasteiger charge is -2.06. The number of para-hydroxylation sites is 2. The van der Waals surface area contributed by atoms with Crippen LogP contribution in [-0.4, -0.2) is 19.1 Å². The fraction of sp³-hybridized carbons (Fsp3) is 0.231. The lowest BCUT2D eigenvalue weighted by Crippen LogP contribution is -2.08. The molecule has 0 saturated carbocycles. The Morgan fingerprint density at radius 1 is 1.28 bits per heavy atom. The van der Waals surface area contributed by atoms with E-state index in [9.17, 15) is 0 Å². The molecule has 2 aromatic heterocycles. The molecule has 1 aromatic carbocycles. The molecule has 92 valence electrons. The number of fused-ring (bicyclic) bond motifs is 1. The molecule has 0 unspecified atom stereocenters. The van der Waals surface area contributed by atoms with Gasteiger partial charge in [-0.3, -0.25) is 0 Å². The van der Waals surface area contributed by atoms with Crippen molar-refractivity contribution in [1.29, 1.82) is 0 Å². The monoisotopic (exact) mass is 241 g/mol. The number of hydrogen-bond donors (Lipinski definition) is 1. The summed E-state index contributed by atoms with van der Waals surface area (Å²) in [5.41, 5.74) is 7.97. The Balaban J connectivity index is 1.91. The van der Waals surface area contributed by atoms with Gasteiger partial charge in [0.1, 0.15) is 5.82 Å². The molecule has 2 N–H and O–H groups in total. The molecule has 2 heterocycles. The third-order valence-corrected chi connectivity index (χ3v) is 3.16. The Morgan fingerprint density at radius 2 is 2.11 bits per heavy atom. The molecule has 0 amide bonds. The summed E-state index contributed by atoms with van der Waals surface area (Å²) in [5, 5.41) is 0. The molecule has 0 bridgehead atoms. The predicted molar refractivity (Wildman–Crippen MR) is 71.1 cm³/mol. The van der Waals surface area contributed by atoms with E-state index in [1.54, 1.807) is 0 Å². The highest BCUT2D eigenvalue weighted by Gasteiger charge is 2.08. The van der Waals surface area contributed by atoms with Crippen molar-refractivity contribution in [2.24, 2.45) is 7.05 Å². The lowest BCUT2D eigenvalue weighted by atomic mass is 10.3. The standard InChI is InChI=1S/C13H15N5/c1-17-9-7-15-12(17)6-8-18-11-5-3-2-4-10(11)16-13(18)14/h2-5,7,9H,6,8H2,1H3,(H2,14,16). The van der Waals surface area contributed by atoms with Crippen LogP contribution < -0.4 is 5.73 Å². The molecule has 0 aliphatic rings. The van der Waals surface area contributed by atoms with Gasteiger partial charge in [-0.1, -0.05) is 12.1 Å². The highest BCUT2D eigenvalue weighted by molar-refractivity contribution is 5.78. The van der Waals surface area contributed by atoms with Gasteiger partial charge in [0, 0.05) is 32.4 Å². The van der Waals surface area contributed by atoms with Gasteiger partial charge in [-0.2, -0.15) is 0 Å². The first-order valence-corrected chi connectivity index (χ1v) is 5.92. The zero-order valence-electron chi connectivity index (χ0n) is 10.2. The fourth-order valence-corrected chi connectivity index (χ4v) is 2.18. The second-order valence-corrected chi connectivity index (χ2v) is 4.31. The first kappa shape index (κ1) is 10.8. The van der Waals surface area contributed by atoms with Gasteiger partial charge in [0.15, 0.2) is 0 Å². The third-order valence-electron chi connectivity index (χ3n) is 3.16. The van der Waals surface area contributed by atoms with E-state index in [2.05, 4.69) is 9.97 Å². The number of nitrogen functional groups attached to an aromatic ring is 1. The van der Waals surface area contributed by atoms with Crippen LogP contribution in [0.25, 0.3) is 11.0 Å². The number of aromatic nitrogens is 4. The van der Waals surface area contributed by atoms with Gasteiger partial charge in [-0.15, -0.1) is 0 Å². The average molecular weight is 241 g/mol. The molecule has 0 radical (unpaired) electrons. The largest absolute Gasteiger partial charge is 0.369 e. The Morgan fingerprint density at radius 3 is 2.89 bits per heavy atom. The number of imidazole rings is 2.